The Labute approximate surface area is 214 Å². The van der Waals surface area contributed by atoms with Gasteiger partial charge in [-0.2, -0.15) is 0 Å². The number of benzene rings is 4. The lowest BCUT2D eigenvalue weighted by Gasteiger charge is -2.17. The molecule has 0 aliphatic heterocycles. The Morgan fingerprint density at radius 3 is 1.97 bits per heavy atom. The fraction of sp³-hybridized carbons (Fsp3) is 0.100. The lowest BCUT2D eigenvalue weighted by molar-refractivity contribution is 0.327. The number of nitrogens with one attached hydrogen (secondary N) is 1. The molecule has 5 nitrogen and oxygen atoms in total. The second-order valence-electron chi connectivity index (χ2n) is 8.11. The number of aromatic amines is 1. The SMILES string of the molecule is COc1c(OC)c(OC)c2c(-c3ccccc3)c(-c3ccccc3)[nH]c2c1C=Nc1cccc(Cl)c1. The highest BCUT2D eigenvalue weighted by Crippen LogP contribution is 2.51. The number of methoxy groups -OCH3 is 3. The van der Waals surface area contributed by atoms with Crippen molar-refractivity contribution in [2.75, 3.05) is 21.3 Å². The van der Waals surface area contributed by atoms with Gasteiger partial charge >= 0.3 is 0 Å². The summed E-state index contributed by atoms with van der Waals surface area (Å²) in [7, 11) is 4.86. The Morgan fingerprint density at radius 2 is 1.36 bits per heavy atom. The Hall–Kier alpha value is -4.22. The summed E-state index contributed by atoms with van der Waals surface area (Å²) < 4.78 is 17.6. The van der Waals surface area contributed by atoms with Crippen LogP contribution in [-0.4, -0.2) is 32.5 Å². The van der Waals surface area contributed by atoms with Crippen LogP contribution in [0.1, 0.15) is 5.56 Å². The normalized spacial score (nSPS) is 11.2. The Kier molecular flexibility index (Phi) is 6.65. The van der Waals surface area contributed by atoms with Gasteiger partial charge in [0.1, 0.15) is 0 Å². The standard InChI is InChI=1S/C30H25ClN2O3/c1-34-28-23(18-32-22-16-10-15-21(31)17-22)27-25(29(35-2)30(28)36-3)24(19-11-6-4-7-12-19)26(33-27)20-13-8-5-9-14-20/h4-18,33H,1-3H3. The summed E-state index contributed by atoms with van der Waals surface area (Å²) in [5, 5.41) is 1.50. The van der Waals surface area contributed by atoms with E-state index in [0.717, 1.165) is 44.5 Å². The van der Waals surface area contributed by atoms with Crippen molar-refractivity contribution in [3.8, 4) is 39.6 Å². The van der Waals surface area contributed by atoms with Gasteiger partial charge in [-0.1, -0.05) is 78.3 Å². The largest absolute Gasteiger partial charge is 0.492 e. The molecular formula is C30H25ClN2O3. The molecule has 5 rings (SSSR count). The molecule has 0 aliphatic carbocycles. The number of aliphatic imine (C=N–C) groups is 1. The highest BCUT2D eigenvalue weighted by atomic mass is 35.5. The van der Waals surface area contributed by atoms with Crippen LogP contribution in [0.3, 0.4) is 0 Å². The Balaban J connectivity index is 1.90. The summed E-state index contributed by atoms with van der Waals surface area (Å²) in [5.74, 6) is 1.60. The van der Waals surface area contributed by atoms with E-state index in [-0.39, 0.29) is 0 Å². The number of nitrogens with zero attached hydrogens (tertiary/aromatic N) is 1. The molecule has 6 heteroatoms. The van der Waals surface area contributed by atoms with Crippen LogP contribution in [-0.2, 0) is 0 Å². The molecule has 0 saturated heterocycles. The van der Waals surface area contributed by atoms with Crippen molar-refractivity contribution in [3.63, 3.8) is 0 Å². The highest BCUT2D eigenvalue weighted by molar-refractivity contribution is 6.30. The molecular weight excluding hydrogens is 472 g/mol. The first-order valence-electron chi connectivity index (χ1n) is 11.4. The van der Waals surface area contributed by atoms with Gasteiger partial charge in [-0.15, -0.1) is 0 Å². The maximum Gasteiger partial charge on any atom is 0.204 e. The average Bonchev–Trinajstić information content (AvgIpc) is 3.32. The fourth-order valence-electron chi connectivity index (χ4n) is 4.50. The quantitative estimate of drug-likeness (QED) is 0.233. The molecule has 0 unspecified atom stereocenters. The van der Waals surface area contributed by atoms with E-state index < -0.39 is 0 Å². The molecule has 0 spiro atoms. The first-order valence-corrected chi connectivity index (χ1v) is 11.8. The monoisotopic (exact) mass is 496 g/mol. The van der Waals surface area contributed by atoms with Crippen molar-refractivity contribution in [2.24, 2.45) is 4.99 Å². The second-order valence-corrected chi connectivity index (χ2v) is 8.54. The maximum atomic E-state index is 6.19. The minimum absolute atomic E-state index is 0.496. The van der Waals surface area contributed by atoms with Crippen molar-refractivity contribution >= 4 is 34.4 Å². The Morgan fingerprint density at radius 1 is 0.722 bits per heavy atom. The lowest BCUT2D eigenvalue weighted by atomic mass is 9.96. The topological polar surface area (TPSA) is 55.8 Å². The van der Waals surface area contributed by atoms with Crippen LogP contribution >= 0.6 is 11.6 Å². The predicted octanol–water partition coefficient (Wildman–Crippen LogP) is 7.93. The molecule has 0 bridgehead atoms. The van der Waals surface area contributed by atoms with E-state index in [0.29, 0.717) is 22.3 Å². The zero-order valence-corrected chi connectivity index (χ0v) is 21.0. The third-order valence-corrected chi connectivity index (χ3v) is 6.28. The number of rotatable bonds is 7. The molecule has 0 atom stereocenters. The van der Waals surface area contributed by atoms with E-state index in [4.69, 9.17) is 30.8 Å². The van der Waals surface area contributed by atoms with Crippen LogP contribution in [0.5, 0.6) is 17.2 Å². The van der Waals surface area contributed by atoms with Crippen LogP contribution in [0.2, 0.25) is 5.02 Å². The van der Waals surface area contributed by atoms with E-state index in [1.165, 1.54) is 0 Å². The molecule has 0 aliphatic rings. The van der Waals surface area contributed by atoms with Crippen molar-refractivity contribution in [1.82, 2.24) is 4.98 Å². The minimum Gasteiger partial charge on any atom is -0.492 e. The molecule has 0 radical (unpaired) electrons. The maximum absolute atomic E-state index is 6.19. The van der Waals surface area contributed by atoms with Crippen LogP contribution in [0.4, 0.5) is 5.69 Å². The van der Waals surface area contributed by atoms with E-state index in [2.05, 4.69) is 29.2 Å². The molecule has 1 N–H and O–H groups in total. The van der Waals surface area contributed by atoms with E-state index in [9.17, 15) is 0 Å². The van der Waals surface area contributed by atoms with Gasteiger partial charge in [0.15, 0.2) is 11.5 Å². The van der Waals surface area contributed by atoms with Crippen LogP contribution < -0.4 is 14.2 Å². The number of aromatic nitrogens is 1. The summed E-state index contributed by atoms with van der Waals surface area (Å²) in [6.45, 7) is 0. The van der Waals surface area contributed by atoms with Gasteiger partial charge in [-0.05, 0) is 29.3 Å². The molecule has 180 valence electrons. The van der Waals surface area contributed by atoms with Gasteiger partial charge in [-0.25, -0.2) is 0 Å². The van der Waals surface area contributed by atoms with Gasteiger partial charge < -0.3 is 19.2 Å². The fourth-order valence-corrected chi connectivity index (χ4v) is 4.68. The smallest absolute Gasteiger partial charge is 0.204 e. The first-order chi connectivity index (χ1) is 17.7. The molecule has 1 heterocycles. The van der Waals surface area contributed by atoms with Crippen molar-refractivity contribution in [2.45, 2.75) is 0 Å². The van der Waals surface area contributed by atoms with Gasteiger partial charge in [0.05, 0.1) is 49.2 Å². The van der Waals surface area contributed by atoms with Gasteiger partial charge in [-0.3, -0.25) is 4.99 Å². The van der Waals surface area contributed by atoms with Gasteiger partial charge in [0.25, 0.3) is 0 Å². The number of H-pyrrole nitrogens is 1. The molecule has 36 heavy (non-hydrogen) atoms. The molecule has 4 aromatic carbocycles. The van der Waals surface area contributed by atoms with Crippen molar-refractivity contribution in [3.05, 3.63) is 95.5 Å². The van der Waals surface area contributed by atoms with E-state index in [1.807, 2.05) is 60.7 Å². The Bertz CT molecular complexity index is 1540. The average molecular weight is 497 g/mol. The minimum atomic E-state index is 0.496. The molecule has 1 aromatic heterocycles. The van der Waals surface area contributed by atoms with Crippen molar-refractivity contribution in [1.29, 1.82) is 0 Å². The predicted molar refractivity (Wildman–Crippen MR) is 148 cm³/mol. The first kappa shape index (κ1) is 23.5. The summed E-state index contributed by atoms with van der Waals surface area (Å²) in [6.07, 6.45) is 1.77. The summed E-state index contributed by atoms with van der Waals surface area (Å²) in [4.78, 5) is 8.37. The summed E-state index contributed by atoms with van der Waals surface area (Å²) in [6, 6.07) is 27.8. The third kappa shape index (κ3) is 4.18. The van der Waals surface area contributed by atoms with Gasteiger partial charge in [0.2, 0.25) is 5.75 Å². The number of ether oxygens (including phenoxy) is 3. The zero-order chi connectivity index (χ0) is 25.1. The number of halogens is 1. The number of fused-ring (bicyclic) bond motifs is 1. The van der Waals surface area contributed by atoms with Crippen LogP contribution in [0.15, 0.2) is 89.9 Å². The highest BCUT2D eigenvalue weighted by Gasteiger charge is 2.27. The van der Waals surface area contributed by atoms with E-state index in [1.54, 1.807) is 27.5 Å². The number of hydrogen-bond acceptors (Lipinski definition) is 4. The second kappa shape index (κ2) is 10.2. The molecule has 0 saturated carbocycles. The number of hydrogen-bond donors (Lipinski definition) is 1. The third-order valence-electron chi connectivity index (χ3n) is 6.04. The molecule has 5 aromatic rings. The van der Waals surface area contributed by atoms with E-state index >= 15 is 0 Å². The lowest BCUT2D eigenvalue weighted by Crippen LogP contribution is -2.00. The van der Waals surface area contributed by atoms with Gasteiger partial charge in [0, 0.05) is 16.8 Å². The van der Waals surface area contributed by atoms with Crippen molar-refractivity contribution < 1.29 is 14.2 Å². The van der Waals surface area contributed by atoms with Crippen LogP contribution in [0, 0.1) is 0 Å². The summed E-state index contributed by atoms with van der Waals surface area (Å²) >= 11 is 6.19. The molecule has 0 amide bonds. The van der Waals surface area contributed by atoms with Crippen LogP contribution in [0.25, 0.3) is 33.3 Å². The summed E-state index contributed by atoms with van der Waals surface area (Å²) in [5.41, 5.74) is 6.36. The zero-order valence-electron chi connectivity index (χ0n) is 20.2. The molecule has 0 fully saturated rings.